The van der Waals surface area contributed by atoms with Gasteiger partial charge in [0, 0.05) is 13.1 Å². The molecule has 1 fully saturated rings. The minimum absolute atomic E-state index is 0.0903. The third-order valence-corrected chi connectivity index (χ3v) is 1.43. The van der Waals surface area contributed by atoms with E-state index in [1.807, 2.05) is 6.92 Å². The highest BCUT2D eigenvalue weighted by Crippen LogP contribution is 2.05. The second kappa shape index (κ2) is 1.74. The molecule has 1 heterocycles. The van der Waals surface area contributed by atoms with Gasteiger partial charge in [-0.2, -0.15) is 0 Å². The fraction of sp³-hybridized carbons (Fsp3) is 0.800. The summed E-state index contributed by atoms with van der Waals surface area (Å²) in [4.78, 5) is 12.3. The molecular weight excluding hydrogens is 104 g/mol. The summed E-state index contributed by atoms with van der Waals surface area (Å²) in [6, 6.07) is -0.199. The SMILES string of the molecule is CCN1C[C@H](N)C1=O. The van der Waals surface area contributed by atoms with Crippen LogP contribution in [0.5, 0.6) is 0 Å². The van der Waals surface area contributed by atoms with E-state index in [-0.39, 0.29) is 11.9 Å². The van der Waals surface area contributed by atoms with Crippen LogP contribution < -0.4 is 5.73 Å². The molecule has 1 saturated heterocycles. The number of likely N-dealkylation sites (tertiary alicyclic amines) is 1. The molecule has 1 aliphatic rings. The summed E-state index contributed by atoms with van der Waals surface area (Å²) in [5.41, 5.74) is 5.30. The molecule has 0 saturated carbocycles. The van der Waals surface area contributed by atoms with Crippen molar-refractivity contribution in [2.45, 2.75) is 13.0 Å². The molecular formula is C5H10N2O. The van der Waals surface area contributed by atoms with Crippen LogP contribution in [0.3, 0.4) is 0 Å². The van der Waals surface area contributed by atoms with Gasteiger partial charge in [0.05, 0.1) is 0 Å². The lowest BCUT2D eigenvalue weighted by Crippen LogP contribution is -2.60. The largest absolute Gasteiger partial charge is 0.339 e. The summed E-state index contributed by atoms with van der Waals surface area (Å²) in [6.07, 6.45) is 0. The maximum atomic E-state index is 10.6. The second-order valence-corrected chi connectivity index (χ2v) is 1.98. The molecule has 2 N–H and O–H groups in total. The van der Waals surface area contributed by atoms with Gasteiger partial charge in [-0.05, 0) is 6.92 Å². The van der Waals surface area contributed by atoms with Crippen LogP contribution in [0.15, 0.2) is 0 Å². The topological polar surface area (TPSA) is 46.3 Å². The first-order chi connectivity index (χ1) is 3.75. The van der Waals surface area contributed by atoms with Crippen molar-refractivity contribution in [1.82, 2.24) is 4.90 Å². The van der Waals surface area contributed by atoms with Crippen LogP contribution >= 0.6 is 0 Å². The van der Waals surface area contributed by atoms with E-state index in [4.69, 9.17) is 5.73 Å². The zero-order valence-corrected chi connectivity index (χ0v) is 4.92. The zero-order valence-electron chi connectivity index (χ0n) is 4.92. The number of rotatable bonds is 1. The molecule has 1 rings (SSSR count). The van der Waals surface area contributed by atoms with Crippen molar-refractivity contribution in [3.8, 4) is 0 Å². The van der Waals surface area contributed by atoms with Crippen LogP contribution in [0.1, 0.15) is 6.92 Å². The van der Waals surface area contributed by atoms with Gasteiger partial charge in [0.1, 0.15) is 6.04 Å². The predicted octanol–water partition coefficient (Wildman–Crippen LogP) is -0.824. The van der Waals surface area contributed by atoms with E-state index in [0.29, 0.717) is 0 Å². The smallest absolute Gasteiger partial charge is 0.241 e. The van der Waals surface area contributed by atoms with Crippen molar-refractivity contribution >= 4 is 5.91 Å². The quantitative estimate of drug-likeness (QED) is 0.452. The summed E-state index contributed by atoms with van der Waals surface area (Å²) in [7, 11) is 0. The molecule has 8 heavy (non-hydrogen) atoms. The summed E-state index contributed by atoms with van der Waals surface area (Å²) >= 11 is 0. The van der Waals surface area contributed by atoms with E-state index in [0.717, 1.165) is 13.1 Å². The minimum Gasteiger partial charge on any atom is -0.339 e. The molecule has 0 aliphatic carbocycles. The highest BCUT2D eigenvalue weighted by atomic mass is 16.2. The highest BCUT2D eigenvalue weighted by molar-refractivity contribution is 5.87. The highest BCUT2D eigenvalue weighted by Gasteiger charge is 2.31. The third kappa shape index (κ3) is 0.591. The van der Waals surface area contributed by atoms with Gasteiger partial charge in [-0.1, -0.05) is 0 Å². The van der Waals surface area contributed by atoms with Crippen LogP contribution in [0.2, 0.25) is 0 Å². The van der Waals surface area contributed by atoms with Crippen molar-refractivity contribution in [3.05, 3.63) is 0 Å². The number of nitrogens with zero attached hydrogens (tertiary/aromatic N) is 1. The van der Waals surface area contributed by atoms with Gasteiger partial charge in [0.15, 0.2) is 0 Å². The molecule has 0 spiro atoms. The van der Waals surface area contributed by atoms with Gasteiger partial charge in [-0.3, -0.25) is 4.79 Å². The van der Waals surface area contributed by atoms with Crippen LogP contribution in [0, 0.1) is 0 Å². The van der Waals surface area contributed by atoms with Gasteiger partial charge in [-0.25, -0.2) is 0 Å². The van der Waals surface area contributed by atoms with Crippen molar-refractivity contribution in [3.63, 3.8) is 0 Å². The van der Waals surface area contributed by atoms with E-state index in [2.05, 4.69) is 0 Å². The predicted molar refractivity (Wildman–Crippen MR) is 30.2 cm³/mol. The first-order valence-corrected chi connectivity index (χ1v) is 2.80. The minimum atomic E-state index is -0.199. The van der Waals surface area contributed by atoms with Gasteiger partial charge < -0.3 is 10.6 Å². The Balaban J connectivity index is 2.36. The van der Waals surface area contributed by atoms with Crippen molar-refractivity contribution in [1.29, 1.82) is 0 Å². The monoisotopic (exact) mass is 114 g/mol. The Morgan fingerprint density at radius 2 is 2.62 bits per heavy atom. The lowest BCUT2D eigenvalue weighted by molar-refractivity contribution is -0.141. The van der Waals surface area contributed by atoms with E-state index in [1.54, 1.807) is 4.90 Å². The number of likely N-dealkylation sites (N-methyl/N-ethyl adjacent to an activating group) is 1. The van der Waals surface area contributed by atoms with Crippen LogP contribution in [0.25, 0.3) is 0 Å². The number of nitrogens with two attached hydrogens (primary N) is 1. The molecule has 0 unspecified atom stereocenters. The van der Waals surface area contributed by atoms with E-state index in [9.17, 15) is 4.79 Å². The number of hydrogen-bond donors (Lipinski definition) is 1. The number of hydrogen-bond acceptors (Lipinski definition) is 2. The Morgan fingerprint density at radius 3 is 2.75 bits per heavy atom. The van der Waals surface area contributed by atoms with Gasteiger partial charge in [0.2, 0.25) is 5.91 Å². The fourth-order valence-corrected chi connectivity index (χ4v) is 0.813. The fourth-order valence-electron chi connectivity index (χ4n) is 0.813. The normalized spacial score (nSPS) is 28.0. The number of carbonyl (C=O) groups is 1. The first-order valence-electron chi connectivity index (χ1n) is 2.80. The van der Waals surface area contributed by atoms with Crippen LogP contribution in [-0.4, -0.2) is 29.9 Å². The summed E-state index contributed by atoms with van der Waals surface area (Å²) in [5.74, 6) is 0.0903. The Kier molecular flexibility index (Phi) is 1.21. The zero-order chi connectivity index (χ0) is 6.15. The molecule has 0 bridgehead atoms. The molecule has 0 aromatic heterocycles. The van der Waals surface area contributed by atoms with Gasteiger partial charge in [0.25, 0.3) is 0 Å². The van der Waals surface area contributed by atoms with Gasteiger partial charge in [-0.15, -0.1) is 0 Å². The maximum Gasteiger partial charge on any atom is 0.241 e. The van der Waals surface area contributed by atoms with Crippen molar-refractivity contribution in [2.75, 3.05) is 13.1 Å². The van der Waals surface area contributed by atoms with Crippen LogP contribution in [-0.2, 0) is 4.79 Å². The van der Waals surface area contributed by atoms with E-state index >= 15 is 0 Å². The molecule has 0 radical (unpaired) electrons. The number of carbonyl (C=O) groups excluding carboxylic acids is 1. The van der Waals surface area contributed by atoms with Crippen molar-refractivity contribution in [2.24, 2.45) is 5.73 Å². The number of β-lactam (4-membered cyclic amide) rings is 1. The van der Waals surface area contributed by atoms with E-state index in [1.165, 1.54) is 0 Å². The lowest BCUT2D eigenvalue weighted by atomic mass is 10.1. The Morgan fingerprint density at radius 1 is 2.00 bits per heavy atom. The molecule has 1 aliphatic heterocycles. The lowest BCUT2D eigenvalue weighted by Gasteiger charge is -2.34. The number of amides is 1. The summed E-state index contributed by atoms with van der Waals surface area (Å²) in [5, 5.41) is 0. The standard InChI is InChI=1S/C5H10N2O/c1-2-7-3-4(6)5(7)8/h4H,2-3,6H2,1H3/t4-/m0/s1. The molecule has 1 atom stereocenters. The molecule has 46 valence electrons. The molecule has 3 heteroatoms. The van der Waals surface area contributed by atoms with E-state index < -0.39 is 0 Å². The Bertz CT molecular complexity index is 113. The maximum absolute atomic E-state index is 10.6. The molecule has 1 amide bonds. The van der Waals surface area contributed by atoms with Gasteiger partial charge >= 0.3 is 0 Å². The van der Waals surface area contributed by atoms with Crippen molar-refractivity contribution < 1.29 is 4.79 Å². The second-order valence-electron chi connectivity index (χ2n) is 1.98. The summed E-state index contributed by atoms with van der Waals surface area (Å²) in [6.45, 7) is 3.49. The molecule has 3 nitrogen and oxygen atoms in total. The molecule has 0 aromatic carbocycles. The molecule has 0 aromatic rings. The third-order valence-electron chi connectivity index (χ3n) is 1.43. The summed E-state index contributed by atoms with van der Waals surface area (Å²) < 4.78 is 0. The Hall–Kier alpha value is -0.570. The first kappa shape index (κ1) is 5.56. The average molecular weight is 114 g/mol. The van der Waals surface area contributed by atoms with Crippen LogP contribution in [0.4, 0.5) is 0 Å². The average Bonchev–Trinajstić information content (AvgIpc) is 1.81. The Labute approximate surface area is 48.5 Å².